The zero-order valence-corrected chi connectivity index (χ0v) is 10.2. The predicted molar refractivity (Wildman–Crippen MR) is 61.8 cm³/mol. The maximum Gasteiger partial charge on any atom is 0.309 e. The van der Waals surface area contributed by atoms with E-state index in [2.05, 4.69) is 6.07 Å². The van der Waals surface area contributed by atoms with Crippen LogP contribution in [0.3, 0.4) is 0 Å². The summed E-state index contributed by atoms with van der Waals surface area (Å²) in [5.74, 6) is 0.845. The third kappa shape index (κ3) is 1.66. The summed E-state index contributed by atoms with van der Waals surface area (Å²) in [5.41, 5.74) is -0.185. The number of ether oxygens (including phenoxy) is 1. The fraction of sp³-hybridized carbons (Fsp3) is 0.857. The van der Waals surface area contributed by atoms with Gasteiger partial charge in [-0.1, -0.05) is 12.8 Å². The molecule has 2 unspecified atom stereocenters. The molecule has 1 heterocycles. The highest BCUT2D eigenvalue weighted by atomic mass is 16.6. The monoisotopic (exact) mass is 233 g/mol. The molecule has 3 fully saturated rings. The van der Waals surface area contributed by atoms with E-state index >= 15 is 0 Å². The topological polar surface area (TPSA) is 50.1 Å². The van der Waals surface area contributed by atoms with Gasteiger partial charge in [0.05, 0.1) is 12.0 Å². The summed E-state index contributed by atoms with van der Waals surface area (Å²) in [7, 11) is 0. The molecule has 0 amide bonds. The van der Waals surface area contributed by atoms with Crippen LogP contribution >= 0.6 is 0 Å². The molecule has 0 bridgehead atoms. The Kier molecular flexibility index (Phi) is 2.61. The van der Waals surface area contributed by atoms with Gasteiger partial charge in [0, 0.05) is 11.8 Å². The molecule has 92 valence electrons. The molecule has 3 nitrogen and oxygen atoms in total. The van der Waals surface area contributed by atoms with Gasteiger partial charge in [-0.25, -0.2) is 0 Å². The molecule has 2 aliphatic carbocycles. The summed E-state index contributed by atoms with van der Waals surface area (Å²) in [5, 5.41) is 8.95. The first-order valence-corrected chi connectivity index (χ1v) is 6.88. The van der Waals surface area contributed by atoms with Crippen LogP contribution in [-0.4, -0.2) is 11.6 Å². The van der Waals surface area contributed by atoms with E-state index < -0.39 is 0 Å². The van der Waals surface area contributed by atoms with Crippen LogP contribution in [0.4, 0.5) is 0 Å². The Morgan fingerprint density at radius 3 is 2.59 bits per heavy atom. The highest BCUT2D eigenvalue weighted by Crippen LogP contribution is 2.52. The van der Waals surface area contributed by atoms with Crippen LogP contribution in [0, 0.1) is 29.1 Å². The summed E-state index contributed by atoms with van der Waals surface area (Å²) in [4.78, 5) is 11.9. The van der Waals surface area contributed by atoms with Crippen molar-refractivity contribution in [3.8, 4) is 6.07 Å². The quantitative estimate of drug-likeness (QED) is 0.604. The van der Waals surface area contributed by atoms with E-state index in [9.17, 15) is 4.79 Å². The van der Waals surface area contributed by atoms with E-state index in [-0.39, 0.29) is 23.4 Å². The molecule has 1 saturated heterocycles. The average Bonchev–Trinajstić information content (AvgIpc) is 2.65. The molecule has 0 aromatic heterocycles. The van der Waals surface area contributed by atoms with Crippen molar-refractivity contribution < 1.29 is 9.53 Å². The molecule has 0 aromatic rings. The second kappa shape index (κ2) is 4.01. The van der Waals surface area contributed by atoms with Crippen molar-refractivity contribution in [2.24, 2.45) is 17.8 Å². The fourth-order valence-electron chi connectivity index (χ4n) is 4.10. The van der Waals surface area contributed by atoms with Crippen LogP contribution in [0.15, 0.2) is 0 Å². The molecule has 17 heavy (non-hydrogen) atoms. The predicted octanol–water partition coefficient (Wildman–Crippen LogP) is 2.80. The van der Waals surface area contributed by atoms with E-state index in [4.69, 9.17) is 10.00 Å². The second-order valence-corrected chi connectivity index (χ2v) is 5.89. The van der Waals surface area contributed by atoms with Gasteiger partial charge >= 0.3 is 5.97 Å². The van der Waals surface area contributed by atoms with Crippen LogP contribution in [0.5, 0.6) is 0 Å². The minimum atomic E-state index is -0.185. The number of carbonyl (C=O) groups excluding carboxylic acids is 1. The normalized spacial score (nSPS) is 45.1. The zero-order valence-electron chi connectivity index (χ0n) is 10.2. The van der Waals surface area contributed by atoms with Crippen molar-refractivity contribution in [1.82, 2.24) is 0 Å². The maximum absolute atomic E-state index is 11.9. The number of nitrogens with zero attached hydrogens (tertiary/aromatic N) is 1. The molecule has 2 saturated carbocycles. The van der Waals surface area contributed by atoms with Crippen molar-refractivity contribution in [3.05, 3.63) is 0 Å². The molecular weight excluding hydrogens is 214 g/mol. The lowest BCUT2D eigenvalue weighted by atomic mass is 9.66. The molecule has 0 radical (unpaired) electrons. The van der Waals surface area contributed by atoms with Crippen LogP contribution in [0.25, 0.3) is 0 Å². The van der Waals surface area contributed by atoms with E-state index in [1.165, 1.54) is 12.8 Å². The average molecular weight is 233 g/mol. The molecule has 3 heteroatoms. The largest absolute Gasteiger partial charge is 0.459 e. The lowest BCUT2D eigenvalue weighted by Crippen LogP contribution is -2.41. The van der Waals surface area contributed by atoms with Gasteiger partial charge < -0.3 is 4.74 Å². The van der Waals surface area contributed by atoms with Gasteiger partial charge in [0.1, 0.15) is 5.60 Å². The van der Waals surface area contributed by atoms with E-state index in [0.717, 1.165) is 38.5 Å². The van der Waals surface area contributed by atoms with Crippen molar-refractivity contribution >= 4 is 5.97 Å². The molecule has 0 aromatic carbocycles. The van der Waals surface area contributed by atoms with Gasteiger partial charge in [-0.05, 0) is 38.5 Å². The molecular formula is C14H19NO2. The number of nitriles is 1. The van der Waals surface area contributed by atoms with E-state index in [0.29, 0.717) is 5.92 Å². The minimum Gasteiger partial charge on any atom is -0.459 e. The molecule has 3 rings (SSSR count). The Bertz CT molecular complexity index is 363. The standard InChI is InChI=1S/C14H19NO2/c15-9-10-5-7-14(8-6-10)12-4-2-1-3-11(12)13(16)17-14/h10-12H,1-8H2. The number of esters is 1. The lowest BCUT2D eigenvalue weighted by Gasteiger charge is -2.40. The Morgan fingerprint density at radius 2 is 1.88 bits per heavy atom. The number of hydrogen-bond donors (Lipinski definition) is 0. The molecule has 3 aliphatic rings. The molecule has 2 atom stereocenters. The van der Waals surface area contributed by atoms with Crippen LogP contribution in [0.1, 0.15) is 51.4 Å². The highest BCUT2D eigenvalue weighted by Gasteiger charge is 2.56. The maximum atomic E-state index is 11.9. The van der Waals surface area contributed by atoms with Crippen molar-refractivity contribution in [2.75, 3.05) is 0 Å². The zero-order chi connectivity index (χ0) is 11.9. The van der Waals surface area contributed by atoms with E-state index in [1.807, 2.05) is 0 Å². The van der Waals surface area contributed by atoms with Crippen LogP contribution in [0.2, 0.25) is 0 Å². The van der Waals surface area contributed by atoms with Crippen molar-refractivity contribution in [1.29, 1.82) is 5.26 Å². The summed E-state index contributed by atoms with van der Waals surface area (Å²) in [6.07, 6.45) is 8.23. The van der Waals surface area contributed by atoms with Crippen LogP contribution < -0.4 is 0 Å². The Labute approximate surface area is 102 Å². The van der Waals surface area contributed by atoms with Gasteiger partial charge in [-0.15, -0.1) is 0 Å². The molecule has 0 N–H and O–H groups in total. The van der Waals surface area contributed by atoms with Crippen molar-refractivity contribution in [2.45, 2.75) is 57.0 Å². The van der Waals surface area contributed by atoms with Gasteiger partial charge in [0.15, 0.2) is 0 Å². The SMILES string of the molecule is N#CC1CCC2(CC1)OC(=O)C1CCCCC12. The molecule has 1 spiro atoms. The molecule has 1 aliphatic heterocycles. The van der Waals surface area contributed by atoms with Gasteiger partial charge in [0.2, 0.25) is 0 Å². The Hall–Kier alpha value is -1.04. The number of hydrogen-bond acceptors (Lipinski definition) is 3. The summed E-state index contributed by atoms with van der Waals surface area (Å²) in [6.45, 7) is 0. The first kappa shape index (κ1) is 11.1. The number of rotatable bonds is 0. The first-order chi connectivity index (χ1) is 8.25. The Morgan fingerprint density at radius 1 is 1.18 bits per heavy atom. The van der Waals surface area contributed by atoms with Crippen molar-refractivity contribution in [3.63, 3.8) is 0 Å². The second-order valence-electron chi connectivity index (χ2n) is 5.89. The smallest absolute Gasteiger partial charge is 0.309 e. The number of carbonyl (C=O) groups is 1. The van der Waals surface area contributed by atoms with Gasteiger partial charge in [-0.3, -0.25) is 4.79 Å². The lowest BCUT2D eigenvalue weighted by molar-refractivity contribution is -0.154. The van der Waals surface area contributed by atoms with Gasteiger partial charge in [0.25, 0.3) is 0 Å². The summed E-state index contributed by atoms with van der Waals surface area (Å²) in [6, 6.07) is 2.35. The third-order valence-electron chi connectivity index (χ3n) is 5.06. The third-order valence-corrected chi connectivity index (χ3v) is 5.06. The van der Waals surface area contributed by atoms with Crippen LogP contribution in [-0.2, 0) is 9.53 Å². The van der Waals surface area contributed by atoms with E-state index in [1.54, 1.807) is 0 Å². The fourth-order valence-corrected chi connectivity index (χ4v) is 4.10. The Balaban J connectivity index is 1.79. The van der Waals surface area contributed by atoms with Gasteiger partial charge in [-0.2, -0.15) is 5.26 Å². The highest BCUT2D eigenvalue weighted by molar-refractivity contribution is 5.76. The number of fused-ring (bicyclic) bond motifs is 2. The minimum absolute atomic E-state index is 0.0464. The first-order valence-electron chi connectivity index (χ1n) is 6.88. The summed E-state index contributed by atoms with van der Waals surface area (Å²) >= 11 is 0. The summed E-state index contributed by atoms with van der Waals surface area (Å²) < 4.78 is 5.78.